The summed E-state index contributed by atoms with van der Waals surface area (Å²) in [6, 6.07) is 5.27. The molecule has 1 aliphatic rings. The van der Waals surface area contributed by atoms with Crippen LogP contribution in [0, 0.1) is 11.6 Å². The molecule has 1 amide bonds. The van der Waals surface area contributed by atoms with E-state index in [4.69, 9.17) is 5.11 Å². The molecule has 2 N–H and O–H groups in total. The molecule has 3 rings (SSSR count). The minimum absolute atomic E-state index is 0.0186. The highest BCUT2D eigenvalue weighted by Gasteiger charge is 2.21. The number of nitrogens with zero attached hydrogens (tertiary/aromatic N) is 2. The van der Waals surface area contributed by atoms with Gasteiger partial charge in [-0.2, -0.15) is 0 Å². The van der Waals surface area contributed by atoms with Crippen molar-refractivity contribution >= 4 is 17.0 Å². The van der Waals surface area contributed by atoms with E-state index < -0.39 is 17.7 Å². The average molecular weight is 351 g/mol. The van der Waals surface area contributed by atoms with Crippen LogP contribution < -0.4 is 10.9 Å². The molecule has 0 aliphatic carbocycles. The Morgan fingerprint density at radius 3 is 2.52 bits per heavy atom. The van der Waals surface area contributed by atoms with Crippen molar-refractivity contribution in [1.82, 2.24) is 14.8 Å². The molecule has 0 bridgehead atoms. The van der Waals surface area contributed by atoms with Crippen molar-refractivity contribution in [2.45, 2.75) is 25.4 Å². The summed E-state index contributed by atoms with van der Waals surface area (Å²) in [4.78, 5) is 24.9. The predicted octanol–water partition coefficient (Wildman–Crippen LogP) is 2.01. The van der Waals surface area contributed by atoms with Gasteiger partial charge in [-0.15, -0.1) is 0 Å². The summed E-state index contributed by atoms with van der Waals surface area (Å²) in [7, 11) is 0. The van der Waals surface area contributed by atoms with Gasteiger partial charge in [0, 0.05) is 43.7 Å². The first-order valence-electron chi connectivity index (χ1n) is 8.15. The summed E-state index contributed by atoms with van der Waals surface area (Å²) in [6.45, 7) is 2.12. The maximum atomic E-state index is 14.2. The van der Waals surface area contributed by atoms with Gasteiger partial charge in [0.2, 0.25) is 0 Å². The molecule has 134 valence electrons. The predicted molar refractivity (Wildman–Crippen MR) is 88.7 cm³/mol. The van der Waals surface area contributed by atoms with Gasteiger partial charge in [0.25, 0.3) is 5.56 Å². The van der Waals surface area contributed by atoms with Crippen molar-refractivity contribution in [2.75, 3.05) is 19.6 Å². The number of pyridine rings is 1. The molecule has 2 heterocycles. The topological polar surface area (TPSA) is 74.6 Å². The third-order valence-electron chi connectivity index (χ3n) is 4.60. The lowest BCUT2D eigenvalue weighted by Crippen LogP contribution is -2.45. The van der Waals surface area contributed by atoms with E-state index in [1.165, 1.54) is 22.8 Å². The lowest BCUT2D eigenvalue weighted by molar-refractivity contribution is 0.166. The van der Waals surface area contributed by atoms with Gasteiger partial charge in [-0.1, -0.05) is 0 Å². The third-order valence-corrected chi connectivity index (χ3v) is 4.60. The number of hydrogen-bond donors (Lipinski definition) is 2. The SMILES string of the molecule is O=C(O)NC1CCN(CCn2c(=O)ccc3ccc(F)c(F)c32)CC1. The van der Waals surface area contributed by atoms with Crippen LogP contribution in [0.3, 0.4) is 0 Å². The van der Waals surface area contributed by atoms with E-state index in [0.29, 0.717) is 37.9 Å². The number of amides is 1. The molecular weight excluding hydrogens is 332 g/mol. The van der Waals surface area contributed by atoms with E-state index in [0.717, 1.165) is 6.07 Å². The molecular formula is C17H19F2N3O3. The highest BCUT2D eigenvalue weighted by Crippen LogP contribution is 2.19. The third kappa shape index (κ3) is 3.79. The lowest BCUT2D eigenvalue weighted by Gasteiger charge is -2.31. The van der Waals surface area contributed by atoms with Crippen LogP contribution in [0.15, 0.2) is 29.1 Å². The number of rotatable bonds is 4. The van der Waals surface area contributed by atoms with E-state index in [2.05, 4.69) is 10.2 Å². The molecule has 1 aromatic heterocycles. The Morgan fingerprint density at radius 1 is 1.16 bits per heavy atom. The normalized spacial score (nSPS) is 16.2. The number of nitrogens with one attached hydrogen (secondary N) is 1. The van der Waals surface area contributed by atoms with Gasteiger partial charge in [0.15, 0.2) is 11.6 Å². The Labute approximate surface area is 142 Å². The fraction of sp³-hybridized carbons (Fsp3) is 0.412. The van der Waals surface area contributed by atoms with Crippen molar-refractivity contribution < 1.29 is 18.7 Å². The molecule has 0 radical (unpaired) electrons. The Hall–Kier alpha value is -2.48. The van der Waals surface area contributed by atoms with Gasteiger partial charge in [0.05, 0.1) is 5.52 Å². The number of aromatic nitrogens is 1. The number of halogens is 2. The van der Waals surface area contributed by atoms with Crippen LogP contribution in [0.2, 0.25) is 0 Å². The lowest BCUT2D eigenvalue weighted by atomic mass is 10.1. The minimum Gasteiger partial charge on any atom is -0.465 e. The van der Waals surface area contributed by atoms with Gasteiger partial charge in [-0.05, 0) is 31.0 Å². The van der Waals surface area contributed by atoms with Crippen molar-refractivity contribution in [3.05, 3.63) is 46.3 Å². The molecule has 0 saturated carbocycles. The molecule has 0 spiro atoms. The number of fused-ring (bicyclic) bond motifs is 1. The van der Waals surface area contributed by atoms with Gasteiger partial charge in [0.1, 0.15) is 0 Å². The number of benzene rings is 1. The maximum absolute atomic E-state index is 14.2. The summed E-state index contributed by atoms with van der Waals surface area (Å²) in [5.74, 6) is -1.99. The molecule has 0 unspecified atom stereocenters. The summed E-state index contributed by atoms with van der Waals surface area (Å²) in [5, 5.41) is 11.7. The smallest absolute Gasteiger partial charge is 0.404 e. The van der Waals surface area contributed by atoms with Crippen LogP contribution in [0.1, 0.15) is 12.8 Å². The van der Waals surface area contributed by atoms with Crippen LogP contribution in [0.25, 0.3) is 10.9 Å². The van der Waals surface area contributed by atoms with E-state index in [1.54, 1.807) is 0 Å². The van der Waals surface area contributed by atoms with Crippen LogP contribution in [0.4, 0.5) is 13.6 Å². The van der Waals surface area contributed by atoms with E-state index >= 15 is 0 Å². The van der Waals surface area contributed by atoms with Crippen LogP contribution in [0.5, 0.6) is 0 Å². The van der Waals surface area contributed by atoms with Crippen molar-refractivity contribution in [3.8, 4) is 0 Å². The zero-order valence-electron chi connectivity index (χ0n) is 13.5. The number of likely N-dealkylation sites (tertiary alicyclic amines) is 1. The largest absolute Gasteiger partial charge is 0.465 e. The highest BCUT2D eigenvalue weighted by molar-refractivity contribution is 5.79. The summed E-state index contributed by atoms with van der Waals surface area (Å²) >= 11 is 0. The van der Waals surface area contributed by atoms with Gasteiger partial charge in [-0.25, -0.2) is 13.6 Å². The fourth-order valence-corrected chi connectivity index (χ4v) is 3.26. The van der Waals surface area contributed by atoms with E-state index in [1.807, 2.05) is 0 Å². The quantitative estimate of drug-likeness (QED) is 0.884. The van der Waals surface area contributed by atoms with Crippen molar-refractivity contribution in [1.29, 1.82) is 0 Å². The second kappa shape index (κ2) is 7.18. The molecule has 25 heavy (non-hydrogen) atoms. The highest BCUT2D eigenvalue weighted by atomic mass is 19.2. The molecule has 1 saturated heterocycles. The maximum Gasteiger partial charge on any atom is 0.404 e. The number of piperidine rings is 1. The average Bonchev–Trinajstić information content (AvgIpc) is 2.58. The zero-order valence-corrected chi connectivity index (χ0v) is 13.5. The fourth-order valence-electron chi connectivity index (χ4n) is 3.26. The molecule has 6 nitrogen and oxygen atoms in total. The first-order valence-corrected chi connectivity index (χ1v) is 8.15. The number of hydrogen-bond acceptors (Lipinski definition) is 3. The number of carboxylic acid groups (broad SMARTS) is 1. The second-order valence-corrected chi connectivity index (χ2v) is 6.19. The standard InChI is InChI=1S/C17H19F2N3O3/c18-13-3-1-11-2-4-14(23)22(16(11)15(13)19)10-9-21-7-5-12(6-8-21)20-17(24)25/h1-4,12,20H,5-10H2,(H,24,25). The first kappa shape index (κ1) is 17.3. The van der Waals surface area contributed by atoms with Gasteiger partial charge < -0.3 is 19.9 Å². The van der Waals surface area contributed by atoms with Crippen LogP contribution in [-0.2, 0) is 6.54 Å². The summed E-state index contributed by atoms with van der Waals surface area (Å²) in [6.07, 6.45) is 0.331. The monoisotopic (exact) mass is 351 g/mol. The van der Waals surface area contributed by atoms with E-state index in [9.17, 15) is 18.4 Å². The number of carbonyl (C=O) groups is 1. The van der Waals surface area contributed by atoms with Crippen molar-refractivity contribution in [3.63, 3.8) is 0 Å². The zero-order chi connectivity index (χ0) is 18.0. The summed E-state index contributed by atoms with van der Waals surface area (Å²) < 4.78 is 29.0. The van der Waals surface area contributed by atoms with Crippen molar-refractivity contribution in [2.24, 2.45) is 0 Å². The Morgan fingerprint density at radius 2 is 1.84 bits per heavy atom. The molecule has 1 aliphatic heterocycles. The molecule has 1 aromatic carbocycles. The van der Waals surface area contributed by atoms with Crippen LogP contribution in [-0.4, -0.2) is 46.3 Å². The molecule has 8 heteroatoms. The molecule has 2 aromatic rings. The first-order chi connectivity index (χ1) is 12.0. The van der Waals surface area contributed by atoms with Gasteiger partial charge in [-0.3, -0.25) is 4.79 Å². The molecule has 1 fully saturated rings. The second-order valence-electron chi connectivity index (χ2n) is 6.19. The Kier molecular flexibility index (Phi) is 4.98. The van der Waals surface area contributed by atoms with E-state index in [-0.39, 0.29) is 23.7 Å². The van der Waals surface area contributed by atoms with Crippen LogP contribution >= 0.6 is 0 Å². The Balaban J connectivity index is 1.72. The Bertz CT molecular complexity index is 845. The van der Waals surface area contributed by atoms with Gasteiger partial charge >= 0.3 is 6.09 Å². The molecule has 0 atom stereocenters. The summed E-state index contributed by atoms with van der Waals surface area (Å²) in [5.41, 5.74) is -0.394. The minimum atomic E-state index is -1.03.